The Hall–Kier alpha value is -2.60. The highest BCUT2D eigenvalue weighted by Gasteiger charge is 2.16. The van der Waals surface area contributed by atoms with Gasteiger partial charge in [-0.05, 0) is 42.5 Å². The van der Waals surface area contributed by atoms with Crippen LogP contribution in [0.1, 0.15) is 10.4 Å². The molecule has 1 aliphatic heterocycles. The molecule has 0 aliphatic carbocycles. The molecule has 0 N–H and O–H groups in total. The van der Waals surface area contributed by atoms with E-state index >= 15 is 0 Å². The van der Waals surface area contributed by atoms with Crippen LogP contribution in [0.4, 0.5) is 0 Å². The summed E-state index contributed by atoms with van der Waals surface area (Å²) in [6.07, 6.45) is 2.54. The van der Waals surface area contributed by atoms with Crippen LogP contribution in [0.3, 0.4) is 0 Å². The summed E-state index contributed by atoms with van der Waals surface area (Å²) >= 11 is 3.41. The van der Waals surface area contributed by atoms with Crippen molar-refractivity contribution in [1.29, 1.82) is 0 Å². The van der Waals surface area contributed by atoms with Gasteiger partial charge >= 0.3 is 0 Å². The molecule has 0 amide bonds. The quantitative estimate of drug-likeness (QED) is 0.642. The number of carbonyl (C=O) groups excluding carboxylic acids is 1. The van der Waals surface area contributed by atoms with Gasteiger partial charge in [0.15, 0.2) is 17.8 Å². The molecule has 120 valence electrons. The molecule has 2 aromatic carbocycles. The number of ether oxygens (including phenoxy) is 2. The zero-order valence-corrected chi connectivity index (χ0v) is 14.2. The molecule has 0 bridgehead atoms. The van der Waals surface area contributed by atoms with Gasteiger partial charge in [0, 0.05) is 16.2 Å². The van der Waals surface area contributed by atoms with Crippen LogP contribution >= 0.6 is 15.9 Å². The largest absolute Gasteiger partial charge is 0.486 e. The van der Waals surface area contributed by atoms with Crippen molar-refractivity contribution < 1.29 is 14.3 Å². The molecule has 3 aromatic rings. The Labute approximate surface area is 146 Å². The molecule has 0 spiro atoms. The Kier molecular flexibility index (Phi) is 3.82. The third-order valence-electron chi connectivity index (χ3n) is 3.78. The number of carbonyl (C=O) groups is 1. The van der Waals surface area contributed by atoms with Crippen molar-refractivity contribution in [3.8, 4) is 28.4 Å². The number of halogens is 1. The first-order valence-electron chi connectivity index (χ1n) is 7.45. The molecule has 0 saturated carbocycles. The fraction of sp³-hybridized carbons (Fsp3) is 0.111. The third-order valence-corrected chi connectivity index (χ3v) is 4.30. The van der Waals surface area contributed by atoms with E-state index in [2.05, 4.69) is 21.0 Å². The van der Waals surface area contributed by atoms with Crippen LogP contribution in [0.2, 0.25) is 0 Å². The molecule has 1 aliphatic rings. The van der Waals surface area contributed by atoms with Gasteiger partial charge < -0.3 is 9.47 Å². The Morgan fingerprint density at radius 2 is 1.79 bits per heavy atom. The normalized spacial score (nSPS) is 12.9. The van der Waals surface area contributed by atoms with Gasteiger partial charge in [-0.15, -0.1) is 0 Å². The van der Waals surface area contributed by atoms with E-state index in [-0.39, 0.29) is 0 Å². The minimum atomic E-state index is 0.518. The number of nitrogens with zero attached hydrogens (tertiary/aromatic N) is 2. The summed E-state index contributed by atoms with van der Waals surface area (Å²) in [5, 5.41) is 4.57. The van der Waals surface area contributed by atoms with E-state index in [4.69, 9.17) is 9.47 Å². The minimum absolute atomic E-state index is 0.518. The lowest BCUT2D eigenvalue weighted by Crippen LogP contribution is -2.15. The van der Waals surface area contributed by atoms with Crippen molar-refractivity contribution in [2.24, 2.45) is 0 Å². The summed E-state index contributed by atoms with van der Waals surface area (Å²) in [6, 6.07) is 13.3. The first kappa shape index (κ1) is 15.0. The van der Waals surface area contributed by atoms with Crippen LogP contribution < -0.4 is 9.47 Å². The van der Waals surface area contributed by atoms with Gasteiger partial charge in [-0.3, -0.25) is 4.79 Å². The molecule has 24 heavy (non-hydrogen) atoms. The SMILES string of the molecule is O=Cc1cn(-c2ccc(Br)cc2)nc1-c1ccc2c(c1)OCCO2. The lowest BCUT2D eigenvalue weighted by molar-refractivity contribution is 0.112. The molecular weight excluding hydrogens is 372 g/mol. The summed E-state index contributed by atoms with van der Waals surface area (Å²) in [7, 11) is 0. The van der Waals surface area contributed by atoms with Crippen LogP contribution in [0, 0.1) is 0 Å². The zero-order valence-electron chi connectivity index (χ0n) is 12.6. The van der Waals surface area contributed by atoms with E-state index in [0.717, 1.165) is 22.0 Å². The lowest BCUT2D eigenvalue weighted by atomic mass is 10.1. The van der Waals surface area contributed by atoms with Crippen LogP contribution in [-0.4, -0.2) is 29.3 Å². The minimum Gasteiger partial charge on any atom is -0.486 e. The Morgan fingerprint density at radius 1 is 1.04 bits per heavy atom. The molecule has 6 heteroatoms. The van der Waals surface area contributed by atoms with E-state index in [1.54, 1.807) is 10.9 Å². The molecule has 5 nitrogen and oxygen atoms in total. The summed E-state index contributed by atoms with van der Waals surface area (Å²) in [5.74, 6) is 1.39. The number of hydrogen-bond donors (Lipinski definition) is 0. The highest BCUT2D eigenvalue weighted by Crippen LogP contribution is 2.35. The molecule has 0 saturated heterocycles. The Morgan fingerprint density at radius 3 is 2.54 bits per heavy atom. The van der Waals surface area contributed by atoms with Crippen molar-refractivity contribution in [2.45, 2.75) is 0 Å². The molecule has 0 atom stereocenters. The van der Waals surface area contributed by atoms with Crippen LogP contribution in [-0.2, 0) is 0 Å². The highest BCUT2D eigenvalue weighted by molar-refractivity contribution is 9.10. The third kappa shape index (κ3) is 2.69. The number of fused-ring (bicyclic) bond motifs is 1. The average molecular weight is 385 g/mol. The van der Waals surface area contributed by atoms with Crippen molar-refractivity contribution in [3.05, 3.63) is 58.7 Å². The number of hydrogen-bond acceptors (Lipinski definition) is 4. The van der Waals surface area contributed by atoms with E-state index in [9.17, 15) is 4.79 Å². The monoisotopic (exact) mass is 384 g/mol. The van der Waals surface area contributed by atoms with Gasteiger partial charge in [-0.1, -0.05) is 15.9 Å². The van der Waals surface area contributed by atoms with E-state index < -0.39 is 0 Å². The summed E-state index contributed by atoms with van der Waals surface area (Å²) in [4.78, 5) is 11.5. The average Bonchev–Trinajstić information content (AvgIpc) is 3.06. The Bertz CT molecular complexity index is 903. The molecule has 0 fully saturated rings. The van der Waals surface area contributed by atoms with Gasteiger partial charge in [0.25, 0.3) is 0 Å². The zero-order chi connectivity index (χ0) is 16.5. The second-order valence-electron chi connectivity index (χ2n) is 5.33. The molecule has 0 unspecified atom stereocenters. The van der Waals surface area contributed by atoms with Crippen LogP contribution in [0.25, 0.3) is 16.9 Å². The fourth-order valence-corrected chi connectivity index (χ4v) is 2.88. The summed E-state index contributed by atoms with van der Waals surface area (Å²) in [5.41, 5.74) is 2.83. The molecule has 4 rings (SSSR count). The number of rotatable bonds is 3. The van der Waals surface area contributed by atoms with Gasteiger partial charge in [0.05, 0.1) is 11.3 Å². The number of aldehydes is 1. The molecular formula is C18H13BrN2O3. The first-order chi connectivity index (χ1) is 11.7. The second kappa shape index (κ2) is 6.13. The molecule has 1 aromatic heterocycles. The van der Waals surface area contributed by atoms with E-state index in [1.165, 1.54) is 0 Å². The molecule has 2 heterocycles. The van der Waals surface area contributed by atoms with Crippen LogP contribution in [0.15, 0.2) is 53.1 Å². The van der Waals surface area contributed by atoms with E-state index in [1.807, 2.05) is 42.5 Å². The van der Waals surface area contributed by atoms with Crippen molar-refractivity contribution in [1.82, 2.24) is 9.78 Å². The second-order valence-corrected chi connectivity index (χ2v) is 6.25. The number of benzene rings is 2. The smallest absolute Gasteiger partial charge is 0.162 e. The molecule has 0 radical (unpaired) electrons. The topological polar surface area (TPSA) is 53.4 Å². The maximum Gasteiger partial charge on any atom is 0.162 e. The predicted octanol–water partition coefficient (Wildman–Crippen LogP) is 3.89. The fourth-order valence-electron chi connectivity index (χ4n) is 2.61. The predicted molar refractivity (Wildman–Crippen MR) is 93.1 cm³/mol. The van der Waals surface area contributed by atoms with Crippen LogP contribution in [0.5, 0.6) is 11.5 Å². The number of aromatic nitrogens is 2. The summed E-state index contributed by atoms with van der Waals surface area (Å²) < 4.78 is 13.8. The van der Waals surface area contributed by atoms with E-state index in [0.29, 0.717) is 36.0 Å². The van der Waals surface area contributed by atoms with Gasteiger partial charge in [-0.2, -0.15) is 5.10 Å². The maximum absolute atomic E-state index is 11.5. The highest BCUT2D eigenvalue weighted by atomic mass is 79.9. The van der Waals surface area contributed by atoms with Gasteiger partial charge in [0.2, 0.25) is 0 Å². The first-order valence-corrected chi connectivity index (χ1v) is 8.25. The van der Waals surface area contributed by atoms with Gasteiger partial charge in [0.1, 0.15) is 18.9 Å². The van der Waals surface area contributed by atoms with Crippen molar-refractivity contribution >= 4 is 22.2 Å². The van der Waals surface area contributed by atoms with Gasteiger partial charge in [-0.25, -0.2) is 4.68 Å². The standard InChI is InChI=1S/C18H13BrN2O3/c19-14-2-4-15(5-3-14)21-10-13(11-22)18(20-21)12-1-6-16-17(9-12)24-8-7-23-16/h1-6,9-11H,7-8H2. The summed E-state index contributed by atoms with van der Waals surface area (Å²) in [6.45, 7) is 1.06. The maximum atomic E-state index is 11.5. The van der Waals surface area contributed by atoms with Crippen molar-refractivity contribution in [2.75, 3.05) is 13.2 Å². The Balaban J connectivity index is 1.77. The van der Waals surface area contributed by atoms with Crippen molar-refractivity contribution in [3.63, 3.8) is 0 Å². The lowest BCUT2D eigenvalue weighted by Gasteiger charge is -2.18.